The third-order valence-electron chi connectivity index (χ3n) is 6.30. The summed E-state index contributed by atoms with van der Waals surface area (Å²) in [5.41, 5.74) is 9.43. The third-order valence-corrected chi connectivity index (χ3v) is 6.30. The normalized spacial score (nSPS) is 14.5. The molecule has 184 valence electrons. The summed E-state index contributed by atoms with van der Waals surface area (Å²) in [7, 11) is 3.64. The van der Waals surface area contributed by atoms with Crippen molar-refractivity contribution >= 4 is 11.8 Å². The zero-order valence-electron chi connectivity index (χ0n) is 20.2. The Bertz CT molecular complexity index is 1130. The highest BCUT2D eigenvalue weighted by Crippen LogP contribution is 2.33. The molecule has 2 aromatic carbocycles. The summed E-state index contributed by atoms with van der Waals surface area (Å²) in [6.07, 6.45) is 8.25. The van der Waals surface area contributed by atoms with Gasteiger partial charge < -0.3 is 25.2 Å². The minimum absolute atomic E-state index is 0.109. The zero-order valence-corrected chi connectivity index (χ0v) is 20.2. The molecule has 1 saturated carbocycles. The molecule has 1 unspecified atom stereocenters. The molecule has 0 radical (unpaired) electrons. The number of aliphatic carboxylic acids is 1. The van der Waals surface area contributed by atoms with Crippen LogP contribution in [0.2, 0.25) is 0 Å². The van der Waals surface area contributed by atoms with E-state index in [-0.39, 0.29) is 12.5 Å². The van der Waals surface area contributed by atoms with Crippen molar-refractivity contribution in [3.8, 4) is 22.8 Å². The van der Waals surface area contributed by atoms with Gasteiger partial charge in [0.2, 0.25) is 0 Å². The van der Waals surface area contributed by atoms with Gasteiger partial charge in [-0.15, -0.1) is 0 Å². The van der Waals surface area contributed by atoms with E-state index in [1.54, 1.807) is 19.5 Å². The smallest absolute Gasteiger partial charge is 0.305 e. The van der Waals surface area contributed by atoms with Gasteiger partial charge in [0.15, 0.2) is 11.5 Å². The van der Waals surface area contributed by atoms with Crippen LogP contribution in [-0.4, -0.2) is 41.3 Å². The highest BCUT2D eigenvalue weighted by Gasteiger charge is 2.19. The van der Waals surface area contributed by atoms with Crippen molar-refractivity contribution in [2.75, 3.05) is 19.1 Å². The Hall–Kier alpha value is -3.65. The summed E-state index contributed by atoms with van der Waals surface area (Å²) < 4.78 is 11.7. The molecule has 8 heteroatoms. The van der Waals surface area contributed by atoms with E-state index in [2.05, 4.69) is 9.97 Å². The topological polar surface area (TPSA) is 111 Å². The molecule has 4 rings (SSSR count). The van der Waals surface area contributed by atoms with Crippen LogP contribution in [-0.2, 0) is 11.3 Å². The summed E-state index contributed by atoms with van der Waals surface area (Å²) in [6.45, 7) is 0.648. The minimum atomic E-state index is -0.917. The number of aromatic nitrogens is 2. The predicted octanol–water partition coefficient (Wildman–Crippen LogP) is 4.58. The van der Waals surface area contributed by atoms with Gasteiger partial charge in [-0.05, 0) is 48.9 Å². The Kier molecular flexibility index (Phi) is 7.82. The molecule has 0 aliphatic heterocycles. The van der Waals surface area contributed by atoms with Crippen LogP contribution in [0.4, 0.5) is 5.82 Å². The number of hydrogen-bond acceptors (Lipinski definition) is 7. The second kappa shape index (κ2) is 11.2. The standard InChI is InChI=1S/C27H32N4O4/c1-31(17-18-7-12-24(34-2)25(13-18)35-21-5-3-4-6-21)26-16-29-23(15-30-26)20-10-8-19(9-11-20)22(28)14-27(32)33/h7-13,15-16,21-22H,3-6,14,17,28H2,1-2H3,(H,32,33). The van der Waals surface area contributed by atoms with Crippen molar-refractivity contribution in [3.05, 3.63) is 66.0 Å². The van der Waals surface area contributed by atoms with E-state index in [4.69, 9.17) is 20.3 Å². The number of benzene rings is 2. The fourth-order valence-corrected chi connectivity index (χ4v) is 4.33. The van der Waals surface area contributed by atoms with Gasteiger partial charge in [-0.25, -0.2) is 4.98 Å². The molecule has 1 aliphatic carbocycles. The fourth-order valence-electron chi connectivity index (χ4n) is 4.33. The summed E-state index contributed by atoms with van der Waals surface area (Å²) in [5.74, 6) is 1.38. The van der Waals surface area contributed by atoms with Crippen molar-refractivity contribution in [2.24, 2.45) is 5.73 Å². The fraction of sp³-hybridized carbons (Fsp3) is 0.370. The molecule has 1 aromatic heterocycles. The largest absolute Gasteiger partial charge is 0.493 e. The zero-order chi connectivity index (χ0) is 24.8. The Morgan fingerprint density at radius 1 is 1.11 bits per heavy atom. The van der Waals surface area contributed by atoms with Crippen molar-refractivity contribution in [2.45, 2.75) is 50.8 Å². The Labute approximate surface area is 205 Å². The first-order valence-electron chi connectivity index (χ1n) is 11.9. The number of nitrogens with zero attached hydrogens (tertiary/aromatic N) is 3. The van der Waals surface area contributed by atoms with E-state index in [9.17, 15) is 4.79 Å². The predicted molar refractivity (Wildman–Crippen MR) is 135 cm³/mol. The van der Waals surface area contributed by atoms with Gasteiger partial charge in [0.05, 0.1) is 37.7 Å². The molecule has 3 aromatic rings. The highest BCUT2D eigenvalue weighted by molar-refractivity contribution is 5.68. The molecule has 3 N–H and O–H groups in total. The van der Waals surface area contributed by atoms with Crippen LogP contribution in [0.25, 0.3) is 11.3 Å². The van der Waals surface area contributed by atoms with Gasteiger partial charge in [0.1, 0.15) is 5.82 Å². The molecular formula is C27H32N4O4. The quantitative estimate of drug-likeness (QED) is 0.437. The van der Waals surface area contributed by atoms with Crippen LogP contribution in [0, 0.1) is 0 Å². The lowest BCUT2D eigenvalue weighted by molar-refractivity contribution is -0.137. The second-order valence-electron chi connectivity index (χ2n) is 8.95. The number of hydrogen-bond donors (Lipinski definition) is 2. The first kappa shape index (κ1) is 24.5. The minimum Gasteiger partial charge on any atom is -0.493 e. The van der Waals surface area contributed by atoms with Gasteiger partial charge in [-0.2, -0.15) is 0 Å². The van der Waals surface area contributed by atoms with Crippen LogP contribution < -0.4 is 20.1 Å². The monoisotopic (exact) mass is 476 g/mol. The van der Waals surface area contributed by atoms with Crippen LogP contribution in [0.3, 0.4) is 0 Å². The summed E-state index contributed by atoms with van der Waals surface area (Å²) in [5, 5.41) is 8.92. The summed E-state index contributed by atoms with van der Waals surface area (Å²) in [6, 6.07) is 12.9. The van der Waals surface area contributed by atoms with Crippen LogP contribution >= 0.6 is 0 Å². The molecule has 1 heterocycles. The molecule has 1 fully saturated rings. The number of anilines is 1. The third kappa shape index (κ3) is 6.27. The van der Waals surface area contributed by atoms with E-state index in [1.165, 1.54) is 12.8 Å². The number of carbonyl (C=O) groups is 1. The lowest BCUT2D eigenvalue weighted by atomic mass is 10.0. The molecular weight excluding hydrogens is 444 g/mol. The SMILES string of the molecule is COc1ccc(CN(C)c2cnc(-c3ccc(C(N)CC(=O)O)cc3)cn2)cc1OC1CCCC1. The maximum atomic E-state index is 10.9. The first-order valence-corrected chi connectivity index (χ1v) is 11.9. The Morgan fingerprint density at radius 3 is 2.49 bits per heavy atom. The van der Waals surface area contributed by atoms with Crippen molar-refractivity contribution in [1.82, 2.24) is 9.97 Å². The van der Waals surface area contributed by atoms with E-state index >= 15 is 0 Å². The molecule has 0 saturated heterocycles. The first-order chi connectivity index (χ1) is 16.9. The van der Waals surface area contributed by atoms with E-state index in [0.717, 1.165) is 52.5 Å². The number of carboxylic acid groups (broad SMARTS) is 1. The lowest BCUT2D eigenvalue weighted by Crippen LogP contribution is -2.18. The average molecular weight is 477 g/mol. The number of carboxylic acids is 1. The number of nitrogens with two attached hydrogens (primary N) is 1. The van der Waals surface area contributed by atoms with Crippen molar-refractivity contribution in [3.63, 3.8) is 0 Å². The van der Waals surface area contributed by atoms with Gasteiger partial charge in [-0.1, -0.05) is 30.3 Å². The van der Waals surface area contributed by atoms with Gasteiger partial charge >= 0.3 is 5.97 Å². The average Bonchev–Trinajstić information content (AvgIpc) is 3.37. The maximum absolute atomic E-state index is 10.9. The van der Waals surface area contributed by atoms with Crippen LogP contribution in [0.5, 0.6) is 11.5 Å². The van der Waals surface area contributed by atoms with E-state index in [0.29, 0.717) is 6.54 Å². The number of methoxy groups -OCH3 is 1. The van der Waals surface area contributed by atoms with Crippen molar-refractivity contribution in [1.29, 1.82) is 0 Å². The molecule has 0 spiro atoms. The number of rotatable bonds is 10. The highest BCUT2D eigenvalue weighted by atomic mass is 16.5. The van der Waals surface area contributed by atoms with Crippen molar-refractivity contribution < 1.29 is 19.4 Å². The molecule has 8 nitrogen and oxygen atoms in total. The Balaban J connectivity index is 1.42. The summed E-state index contributed by atoms with van der Waals surface area (Å²) in [4.78, 5) is 22.1. The summed E-state index contributed by atoms with van der Waals surface area (Å²) >= 11 is 0. The van der Waals surface area contributed by atoms with Gasteiger partial charge in [0.25, 0.3) is 0 Å². The molecule has 1 aliphatic rings. The van der Waals surface area contributed by atoms with E-state index < -0.39 is 12.0 Å². The van der Waals surface area contributed by atoms with Gasteiger partial charge in [0, 0.05) is 25.2 Å². The van der Waals surface area contributed by atoms with Crippen LogP contribution in [0.15, 0.2) is 54.9 Å². The second-order valence-corrected chi connectivity index (χ2v) is 8.95. The number of ether oxygens (including phenoxy) is 2. The maximum Gasteiger partial charge on any atom is 0.305 e. The lowest BCUT2D eigenvalue weighted by Gasteiger charge is -2.20. The molecule has 35 heavy (non-hydrogen) atoms. The van der Waals surface area contributed by atoms with Gasteiger partial charge in [-0.3, -0.25) is 9.78 Å². The molecule has 1 atom stereocenters. The molecule has 0 bridgehead atoms. The van der Waals surface area contributed by atoms with Crippen LogP contribution in [0.1, 0.15) is 49.3 Å². The van der Waals surface area contributed by atoms with E-state index in [1.807, 2.05) is 54.4 Å². The molecule has 0 amide bonds. The Morgan fingerprint density at radius 2 is 1.86 bits per heavy atom.